The van der Waals surface area contributed by atoms with Crippen molar-refractivity contribution in [2.24, 2.45) is 0 Å². The van der Waals surface area contributed by atoms with Crippen molar-refractivity contribution in [3.8, 4) is 17.1 Å². The molecule has 6 nitrogen and oxygen atoms in total. The molecule has 8 heteroatoms. The number of carbonyl (C=O) groups is 1. The van der Waals surface area contributed by atoms with Crippen molar-refractivity contribution in [2.75, 3.05) is 11.1 Å². The number of nitrogens with one attached hydrogen (secondary N) is 1. The average molecular weight is 389 g/mol. The zero-order valence-electron chi connectivity index (χ0n) is 14.3. The molecular formula is C19H16FNO5S. The van der Waals surface area contributed by atoms with E-state index in [1.54, 1.807) is 6.07 Å². The highest BCUT2D eigenvalue weighted by Crippen LogP contribution is 2.29. The number of aromatic hydroxyl groups is 1. The number of anilines is 1. The number of rotatable bonds is 5. The van der Waals surface area contributed by atoms with Gasteiger partial charge in [0.2, 0.25) is 0 Å². The lowest BCUT2D eigenvalue weighted by molar-refractivity contribution is 0.0997. The second-order valence-corrected chi connectivity index (χ2v) is 7.96. The molecule has 0 radical (unpaired) electrons. The first-order valence-corrected chi connectivity index (χ1v) is 9.69. The third kappa shape index (κ3) is 3.85. The van der Waals surface area contributed by atoms with Crippen LogP contribution in [0.3, 0.4) is 0 Å². The highest BCUT2D eigenvalue weighted by atomic mass is 32.2. The molecule has 0 spiro atoms. The number of carbonyl (C=O) groups excluding carboxylic acids is 1. The minimum absolute atomic E-state index is 0.0235. The monoisotopic (exact) mass is 389 g/mol. The van der Waals surface area contributed by atoms with E-state index in [2.05, 4.69) is 5.32 Å². The molecule has 3 aromatic rings. The van der Waals surface area contributed by atoms with E-state index in [1.165, 1.54) is 55.5 Å². The van der Waals surface area contributed by atoms with Crippen LogP contribution in [0.15, 0.2) is 63.9 Å². The lowest BCUT2D eigenvalue weighted by atomic mass is 10.1. The van der Waals surface area contributed by atoms with Gasteiger partial charge >= 0.3 is 0 Å². The Morgan fingerprint density at radius 2 is 1.89 bits per heavy atom. The molecule has 1 amide bonds. The minimum atomic E-state index is -3.50. The van der Waals surface area contributed by atoms with Crippen LogP contribution in [0, 0.1) is 5.82 Å². The highest BCUT2D eigenvalue weighted by Gasteiger charge is 2.18. The molecule has 0 fully saturated rings. The van der Waals surface area contributed by atoms with E-state index < -0.39 is 21.6 Å². The number of furan rings is 1. The van der Waals surface area contributed by atoms with Gasteiger partial charge < -0.3 is 14.8 Å². The number of phenols is 1. The summed E-state index contributed by atoms with van der Waals surface area (Å²) in [7, 11) is -3.50. The second kappa shape index (κ2) is 7.24. The van der Waals surface area contributed by atoms with Crippen LogP contribution < -0.4 is 5.32 Å². The molecule has 0 aliphatic carbocycles. The maximum absolute atomic E-state index is 13.8. The Kier molecular flexibility index (Phi) is 5.00. The summed E-state index contributed by atoms with van der Waals surface area (Å²) in [4.78, 5) is 12.3. The zero-order valence-corrected chi connectivity index (χ0v) is 15.1. The first-order valence-electron chi connectivity index (χ1n) is 8.03. The van der Waals surface area contributed by atoms with Gasteiger partial charge in [0.25, 0.3) is 5.91 Å². The number of hydrogen-bond donors (Lipinski definition) is 2. The standard InChI is InChI=1S/C19H16FNO5S/c1-2-27(24,25)12-7-8-16(22)15(11-12)21-19(23)18-10-9-17(26-18)13-5-3-4-6-14(13)20/h3-11,22H,2H2,1H3,(H,21,23). The van der Waals surface area contributed by atoms with Crippen molar-refractivity contribution >= 4 is 21.4 Å². The number of hydrogen-bond acceptors (Lipinski definition) is 5. The zero-order chi connectivity index (χ0) is 19.6. The molecular weight excluding hydrogens is 373 g/mol. The topological polar surface area (TPSA) is 96.6 Å². The molecule has 0 bridgehead atoms. The summed E-state index contributed by atoms with van der Waals surface area (Å²) >= 11 is 0. The summed E-state index contributed by atoms with van der Waals surface area (Å²) in [5, 5.41) is 12.3. The maximum atomic E-state index is 13.8. The largest absolute Gasteiger partial charge is 0.506 e. The van der Waals surface area contributed by atoms with Gasteiger partial charge in [-0.15, -0.1) is 0 Å². The minimum Gasteiger partial charge on any atom is -0.506 e. The van der Waals surface area contributed by atoms with Crippen molar-refractivity contribution < 1.29 is 27.1 Å². The van der Waals surface area contributed by atoms with Crippen LogP contribution >= 0.6 is 0 Å². The van der Waals surface area contributed by atoms with Crippen molar-refractivity contribution in [3.05, 3.63) is 66.2 Å². The van der Waals surface area contributed by atoms with E-state index in [0.717, 1.165) is 0 Å². The van der Waals surface area contributed by atoms with Gasteiger partial charge in [-0.05, 0) is 42.5 Å². The molecule has 1 aromatic heterocycles. The van der Waals surface area contributed by atoms with E-state index in [9.17, 15) is 22.7 Å². The molecule has 0 atom stereocenters. The number of benzene rings is 2. The van der Waals surface area contributed by atoms with Crippen LogP contribution in [0.4, 0.5) is 10.1 Å². The molecule has 0 saturated carbocycles. The first-order chi connectivity index (χ1) is 12.8. The van der Waals surface area contributed by atoms with Crippen LogP contribution in [0.25, 0.3) is 11.3 Å². The van der Waals surface area contributed by atoms with Crippen LogP contribution in [-0.4, -0.2) is 25.2 Å². The Labute approximate surface area is 155 Å². The fourth-order valence-corrected chi connectivity index (χ4v) is 3.33. The van der Waals surface area contributed by atoms with E-state index in [-0.39, 0.29) is 39.2 Å². The summed E-state index contributed by atoms with van der Waals surface area (Å²) < 4.78 is 43.1. The number of phenolic OH excluding ortho intramolecular Hbond substituents is 1. The smallest absolute Gasteiger partial charge is 0.291 e. The fraction of sp³-hybridized carbons (Fsp3) is 0.105. The van der Waals surface area contributed by atoms with E-state index >= 15 is 0 Å². The third-order valence-electron chi connectivity index (χ3n) is 3.92. The molecule has 0 aliphatic heterocycles. The van der Waals surface area contributed by atoms with Gasteiger partial charge in [-0.25, -0.2) is 12.8 Å². The van der Waals surface area contributed by atoms with E-state index in [4.69, 9.17) is 4.42 Å². The predicted molar refractivity (Wildman–Crippen MR) is 97.9 cm³/mol. The summed E-state index contributed by atoms with van der Waals surface area (Å²) in [6.45, 7) is 1.49. The molecule has 0 saturated heterocycles. The molecule has 2 aromatic carbocycles. The van der Waals surface area contributed by atoms with Gasteiger partial charge in [-0.2, -0.15) is 0 Å². The highest BCUT2D eigenvalue weighted by molar-refractivity contribution is 7.91. The van der Waals surface area contributed by atoms with Gasteiger partial charge in [0.15, 0.2) is 15.6 Å². The Morgan fingerprint density at radius 3 is 2.59 bits per heavy atom. The lowest BCUT2D eigenvalue weighted by Crippen LogP contribution is -2.12. The van der Waals surface area contributed by atoms with Crippen molar-refractivity contribution in [1.82, 2.24) is 0 Å². The van der Waals surface area contributed by atoms with Gasteiger partial charge in [0, 0.05) is 0 Å². The molecule has 140 valence electrons. The van der Waals surface area contributed by atoms with Gasteiger partial charge in [0.05, 0.1) is 21.9 Å². The molecule has 2 N–H and O–H groups in total. The van der Waals surface area contributed by atoms with E-state index in [1.807, 2.05) is 0 Å². The summed E-state index contributed by atoms with van der Waals surface area (Å²) in [6, 6.07) is 12.4. The molecule has 1 heterocycles. The van der Waals surface area contributed by atoms with Crippen LogP contribution in [-0.2, 0) is 9.84 Å². The normalized spacial score (nSPS) is 11.3. The SMILES string of the molecule is CCS(=O)(=O)c1ccc(O)c(NC(=O)c2ccc(-c3ccccc3F)o2)c1. The Bertz CT molecular complexity index is 1100. The van der Waals surface area contributed by atoms with Crippen LogP contribution in [0.1, 0.15) is 17.5 Å². The van der Waals surface area contributed by atoms with Crippen molar-refractivity contribution in [1.29, 1.82) is 0 Å². The predicted octanol–water partition coefficient (Wildman–Crippen LogP) is 3.84. The van der Waals surface area contributed by atoms with Crippen LogP contribution in [0.2, 0.25) is 0 Å². The Hall–Kier alpha value is -3.13. The van der Waals surface area contributed by atoms with Gasteiger partial charge in [-0.3, -0.25) is 4.79 Å². The molecule has 0 unspecified atom stereocenters. The Balaban J connectivity index is 1.87. The summed E-state index contributed by atoms with van der Waals surface area (Å²) in [5.41, 5.74) is 0.133. The summed E-state index contributed by atoms with van der Waals surface area (Å²) in [5.74, 6) is -1.55. The second-order valence-electron chi connectivity index (χ2n) is 5.68. The number of amides is 1. The van der Waals surface area contributed by atoms with Gasteiger partial charge in [-0.1, -0.05) is 19.1 Å². The quantitative estimate of drug-likeness (QED) is 0.647. The molecule has 0 aliphatic rings. The third-order valence-corrected chi connectivity index (χ3v) is 5.66. The fourth-order valence-electron chi connectivity index (χ4n) is 2.43. The van der Waals surface area contributed by atoms with Crippen molar-refractivity contribution in [3.63, 3.8) is 0 Å². The molecule has 3 rings (SSSR count). The lowest BCUT2D eigenvalue weighted by Gasteiger charge is -2.08. The Morgan fingerprint density at radius 1 is 1.15 bits per heavy atom. The number of halogens is 1. The maximum Gasteiger partial charge on any atom is 0.291 e. The number of sulfone groups is 1. The first kappa shape index (κ1) is 18.7. The van der Waals surface area contributed by atoms with E-state index in [0.29, 0.717) is 0 Å². The van der Waals surface area contributed by atoms with Gasteiger partial charge in [0.1, 0.15) is 17.3 Å². The summed E-state index contributed by atoms with van der Waals surface area (Å²) in [6.07, 6.45) is 0. The molecule has 27 heavy (non-hydrogen) atoms. The van der Waals surface area contributed by atoms with Crippen LogP contribution in [0.5, 0.6) is 5.75 Å². The van der Waals surface area contributed by atoms with Crippen molar-refractivity contribution in [2.45, 2.75) is 11.8 Å². The average Bonchev–Trinajstić information content (AvgIpc) is 3.13.